The highest BCUT2D eigenvalue weighted by Crippen LogP contribution is 2.19. The molecule has 0 atom stereocenters. The van der Waals surface area contributed by atoms with Crippen molar-refractivity contribution in [3.8, 4) is 0 Å². The van der Waals surface area contributed by atoms with Crippen LogP contribution in [0.5, 0.6) is 0 Å². The van der Waals surface area contributed by atoms with Crippen LogP contribution in [-0.2, 0) is 0 Å². The van der Waals surface area contributed by atoms with Crippen LogP contribution in [-0.4, -0.2) is 9.78 Å². The van der Waals surface area contributed by atoms with Gasteiger partial charge >= 0.3 is 0 Å². The first-order chi connectivity index (χ1) is 10.1. The summed E-state index contributed by atoms with van der Waals surface area (Å²) in [7, 11) is 0. The highest BCUT2D eigenvalue weighted by atomic mass is 16.6. The van der Waals surface area contributed by atoms with Crippen molar-refractivity contribution in [2.45, 2.75) is 0 Å². The van der Waals surface area contributed by atoms with Crippen molar-refractivity contribution in [1.82, 2.24) is 0 Å². The molecule has 0 spiro atoms. The zero-order valence-electron chi connectivity index (χ0n) is 10.5. The van der Waals surface area contributed by atoms with Gasteiger partial charge in [0.15, 0.2) is 5.69 Å². The summed E-state index contributed by atoms with van der Waals surface area (Å²) < 4.78 is 0. The van der Waals surface area contributed by atoms with Gasteiger partial charge in [-0.05, 0) is 41.6 Å². The number of nitro benzene ring substituents is 1. The maximum atomic E-state index is 11.7. The first-order valence-electron chi connectivity index (χ1n) is 5.72. The van der Waals surface area contributed by atoms with E-state index in [1.807, 2.05) is 0 Å². The third-order valence-electron chi connectivity index (χ3n) is 2.52. The molecular formula is C12H9N5O4. The van der Waals surface area contributed by atoms with E-state index in [9.17, 15) is 20.2 Å². The number of nitroso groups, excluding NO2 is 1. The summed E-state index contributed by atoms with van der Waals surface area (Å²) in [4.78, 5) is 20.5. The molecule has 0 bridgehead atoms. The van der Waals surface area contributed by atoms with Crippen molar-refractivity contribution in [3.63, 3.8) is 0 Å². The van der Waals surface area contributed by atoms with E-state index in [-0.39, 0.29) is 17.1 Å². The third-order valence-corrected chi connectivity index (χ3v) is 2.52. The summed E-state index contributed by atoms with van der Waals surface area (Å²) >= 11 is 0. The van der Waals surface area contributed by atoms with Gasteiger partial charge in [-0.25, -0.2) is 0 Å². The van der Waals surface area contributed by atoms with E-state index >= 15 is 0 Å². The molecule has 21 heavy (non-hydrogen) atoms. The molecule has 0 heterocycles. The zero-order valence-corrected chi connectivity index (χ0v) is 10.5. The number of rotatable bonds is 5. The molecule has 0 aliphatic rings. The van der Waals surface area contributed by atoms with Gasteiger partial charge in [-0.1, -0.05) is 0 Å². The summed E-state index contributed by atoms with van der Waals surface area (Å²) in [5.41, 5.74) is 3.24. The summed E-state index contributed by atoms with van der Waals surface area (Å²) in [5, 5.41) is 28.4. The lowest BCUT2D eigenvalue weighted by Gasteiger charge is -2.04. The smallest absolute Gasteiger partial charge is 0.269 e. The maximum absolute atomic E-state index is 11.7. The maximum Gasteiger partial charge on any atom is 0.269 e. The van der Waals surface area contributed by atoms with Gasteiger partial charge in [0.05, 0.1) is 10.1 Å². The van der Waals surface area contributed by atoms with Crippen LogP contribution in [0.1, 0.15) is 0 Å². The van der Waals surface area contributed by atoms with Gasteiger partial charge in [-0.3, -0.25) is 10.1 Å². The minimum atomic E-state index is -0.524. The number of hydrogen-bond donors (Lipinski definition) is 1. The standard InChI is InChI=1S/C12H9N5O4/c18-14-10-3-5-11(6-4-10)16(19)15-13-9-1-7-12(8-2-9)17(20)21/h1-8,13H/b16-15-. The van der Waals surface area contributed by atoms with E-state index in [1.165, 1.54) is 48.5 Å². The van der Waals surface area contributed by atoms with E-state index < -0.39 is 4.92 Å². The molecule has 0 aromatic heterocycles. The first kappa shape index (κ1) is 14.1. The molecule has 0 saturated heterocycles. The van der Waals surface area contributed by atoms with Crippen molar-refractivity contribution in [1.29, 1.82) is 0 Å². The van der Waals surface area contributed by atoms with Crippen LogP contribution >= 0.6 is 0 Å². The normalized spacial score (nSPS) is 11.0. The van der Waals surface area contributed by atoms with Gasteiger partial charge in [0.2, 0.25) is 0 Å². The molecule has 2 aromatic rings. The van der Waals surface area contributed by atoms with Gasteiger partial charge in [-0.15, -0.1) is 15.2 Å². The average Bonchev–Trinajstić information content (AvgIpc) is 2.53. The summed E-state index contributed by atoms with van der Waals surface area (Å²) in [6, 6.07) is 11.0. The second-order valence-electron chi connectivity index (χ2n) is 3.90. The van der Waals surface area contributed by atoms with Crippen LogP contribution in [0.15, 0.2) is 58.9 Å². The van der Waals surface area contributed by atoms with E-state index in [2.05, 4.69) is 15.8 Å². The average molecular weight is 287 g/mol. The number of nitrogens with one attached hydrogen (secondary N) is 1. The molecule has 0 aliphatic carbocycles. The molecule has 0 radical (unpaired) electrons. The van der Waals surface area contributed by atoms with Crippen LogP contribution < -0.4 is 5.43 Å². The van der Waals surface area contributed by atoms with Gasteiger partial charge in [-0.2, -0.15) is 0 Å². The van der Waals surface area contributed by atoms with Crippen molar-refractivity contribution in [2.75, 3.05) is 5.43 Å². The Balaban J connectivity index is 2.08. The lowest BCUT2D eigenvalue weighted by Crippen LogP contribution is -1.98. The number of non-ortho nitro benzene ring substituents is 1. The number of nitro groups is 1. The van der Waals surface area contributed by atoms with Crippen LogP contribution in [0.4, 0.5) is 22.7 Å². The van der Waals surface area contributed by atoms with E-state index in [1.54, 1.807) is 0 Å². The predicted molar refractivity (Wildman–Crippen MR) is 74.3 cm³/mol. The number of nitrogens with zero attached hydrogens (tertiary/aromatic N) is 4. The molecule has 0 unspecified atom stereocenters. The molecular weight excluding hydrogens is 278 g/mol. The van der Waals surface area contributed by atoms with Crippen molar-refractivity contribution in [3.05, 3.63) is 68.8 Å². The Bertz CT molecular complexity index is 682. The number of benzene rings is 2. The lowest BCUT2D eigenvalue weighted by molar-refractivity contribution is -0.439. The van der Waals surface area contributed by atoms with Crippen LogP contribution in [0.25, 0.3) is 0 Å². The molecule has 9 heteroatoms. The molecule has 1 N–H and O–H groups in total. The first-order valence-corrected chi connectivity index (χ1v) is 5.72. The number of hydrogen-bond acceptors (Lipinski definition) is 6. The second kappa shape index (κ2) is 6.19. The minimum Gasteiger partial charge on any atom is -0.691 e. The Morgan fingerprint density at radius 2 is 1.48 bits per heavy atom. The van der Waals surface area contributed by atoms with Gasteiger partial charge in [0.25, 0.3) is 5.69 Å². The fraction of sp³-hybridized carbons (Fsp3) is 0. The van der Waals surface area contributed by atoms with Crippen LogP contribution in [0.3, 0.4) is 0 Å². The molecule has 2 aromatic carbocycles. The molecule has 0 aliphatic heterocycles. The summed E-state index contributed by atoms with van der Waals surface area (Å²) in [6.45, 7) is 0. The molecule has 9 nitrogen and oxygen atoms in total. The quantitative estimate of drug-likeness (QED) is 0.296. The Kier molecular flexibility index (Phi) is 4.14. The zero-order chi connectivity index (χ0) is 15.2. The lowest BCUT2D eigenvalue weighted by atomic mass is 10.3. The fourth-order valence-electron chi connectivity index (χ4n) is 1.46. The molecule has 0 amide bonds. The molecule has 106 valence electrons. The number of anilines is 1. The van der Waals surface area contributed by atoms with Crippen molar-refractivity contribution in [2.24, 2.45) is 10.4 Å². The minimum absolute atomic E-state index is 0.0588. The monoisotopic (exact) mass is 287 g/mol. The van der Waals surface area contributed by atoms with E-state index in [4.69, 9.17) is 0 Å². The van der Waals surface area contributed by atoms with Crippen LogP contribution in [0, 0.1) is 20.2 Å². The third kappa shape index (κ3) is 3.56. The van der Waals surface area contributed by atoms with Gasteiger partial charge < -0.3 is 5.21 Å². The fourth-order valence-corrected chi connectivity index (χ4v) is 1.46. The molecule has 0 saturated carbocycles. The van der Waals surface area contributed by atoms with Gasteiger partial charge in [0.1, 0.15) is 11.4 Å². The SMILES string of the molecule is O=Nc1ccc(/[N+]([O-])=N/Nc2ccc([N+](=O)[O-])cc2)cc1. The molecule has 0 fully saturated rings. The van der Waals surface area contributed by atoms with Crippen LogP contribution in [0.2, 0.25) is 0 Å². The largest absolute Gasteiger partial charge is 0.691 e. The van der Waals surface area contributed by atoms with Crippen molar-refractivity contribution >= 4 is 22.7 Å². The van der Waals surface area contributed by atoms with E-state index in [0.717, 1.165) is 0 Å². The summed E-state index contributed by atoms with van der Waals surface area (Å²) in [6.07, 6.45) is 0. The highest BCUT2D eigenvalue weighted by Gasteiger charge is 2.05. The van der Waals surface area contributed by atoms with Crippen molar-refractivity contribution < 1.29 is 9.78 Å². The Morgan fingerprint density at radius 3 is 2.00 bits per heavy atom. The second-order valence-corrected chi connectivity index (χ2v) is 3.90. The summed E-state index contributed by atoms with van der Waals surface area (Å²) in [5.74, 6) is 0. The predicted octanol–water partition coefficient (Wildman–Crippen LogP) is 3.61. The Morgan fingerprint density at radius 1 is 0.905 bits per heavy atom. The highest BCUT2D eigenvalue weighted by molar-refractivity contribution is 5.48. The topological polar surface area (TPSA) is 123 Å². The Hall–Kier alpha value is -3.36. The van der Waals surface area contributed by atoms with Gasteiger partial charge in [0, 0.05) is 12.1 Å². The Labute approximate surface area is 118 Å². The molecule has 2 rings (SSSR count). The van der Waals surface area contributed by atoms with E-state index in [0.29, 0.717) is 10.5 Å².